The Morgan fingerprint density at radius 3 is 2.75 bits per heavy atom. The number of carbonyl (C=O) groups excluding carboxylic acids is 2. The molecule has 2 amide bonds. The van der Waals surface area contributed by atoms with Crippen molar-refractivity contribution in [2.75, 3.05) is 43.1 Å². The molecule has 0 unspecified atom stereocenters. The molecule has 6 rings (SSSR count). The van der Waals surface area contributed by atoms with Crippen molar-refractivity contribution in [3.63, 3.8) is 0 Å². The fraction of sp³-hybridized carbons (Fsp3) is 0.519. The van der Waals surface area contributed by atoms with Gasteiger partial charge in [0.25, 0.3) is 0 Å². The highest BCUT2D eigenvalue weighted by molar-refractivity contribution is 6.31. The molecule has 36 heavy (non-hydrogen) atoms. The minimum absolute atomic E-state index is 0.0807. The van der Waals surface area contributed by atoms with Gasteiger partial charge in [0.2, 0.25) is 11.8 Å². The third kappa shape index (κ3) is 4.05. The maximum Gasteiger partial charge on any atom is 0.235 e. The number of aliphatic hydroxyl groups is 1. The van der Waals surface area contributed by atoms with Gasteiger partial charge in [-0.15, -0.1) is 0 Å². The minimum atomic E-state index is -0.485. The Balaban J connectivity index is 1.04. The number of carbonyl (C=O) groups is 2. The van der Waals surface area contributed by atoms with Gasteiger partial charge in [0, 0.05) is 36.3 Å². The molecule has 2 N–H and O–H groups in total. The van der Waals surface area contributed by atoms with Crippen LogP contribution in [-0.2, 0) is 21.4 Å². The van der Waals surface area contributed by atoms with Gasteiger partial charge >= 0.3 is 0 Å². The van der Waals surface area contributed by atoms with Crippen molar-refractivity contribution in [1.82, 2.24) is 9.88 Å². The lowest BCUT2D eigenvalue weighted by molar-refractivity contribution is -0.122. The van der Waals surface area contributed by atoms with Crippen molar-refractivity contribution >= 4 is 34.9 Å². The second-order valence-electron chi connectivity index (χ2n) is 10.5. The third-order valence-corrected chi connectivity index (χ3v) is 8.66. The molecule has 1 spiro atoms. The van der Waals surface area contributed by atoms with E-state index in [1.54, 1.807) is 6.20 Å². The molecule has 2 aromatic rings. The molecular formula is C27H31ClN4O4. The van der Waals surface area contributed by atoms with Crippen LogP contribution in [0.3, 0.4) is 0 Å². The molecule has 1 saturated carbocycles. The van der Waals surface area contributed by atoms with Crippen molar-refractivity contribution in [2.45, 2.75) is 50.0 Å². The smallest absolute Gasteiger partial charge is 0.235 e. The first-order chi connectivity index (χ1) is 17.5. The highest BCUT2D eigenvalue weighted by Crippen LogP contribution is 2.46. The van der Waals surface area contributed by atoms with E-state index < -0.39 is 5.41 Å². The van der Waals surface area contributed by atoms with Crippen LogP contribution in [-0.4, -0.2) is 65.7 Å². The SMILES string of the molecule is O=C1CCc2cc(OCCN3CCC4(CC3)C(=O)Nc3ccc(Cl)cc34)cnc2N1C1CC(CO)C1. The number of hydrogen-bond donors (Lipinski definition) is 2. The van der Waals surface area contributed by atoms with Crippen molar-refractivity contribution in [1.29, 1.82) is 0 Å². The molecular weight excluding hydrogens is 480 g/mol. The van der Waals surface area contributed by atoms with Crippen molar-refractivity contribution < 1.29 is 19.4 Å². The average Bonchev–Trinajstić information content (AvgIpc) is 3.11. The first-order valence-electron chi connectivity index (χ1n) is 12.9. The van der Waals surface area contributed by atoms with Gasteiger partial charge in [0.15, 0.2) is 0 Å². The van der Waals surface area contributed by atoms with E-state index in [1.807, 2.05) is 29.2 Å². The number of amides is 2. The van der Waals surface area contributed by atoms with Gasteiger partial charge in [-0.3, -0.25) is 19.4 Å². The van der Waals surface area contributed by atoms with Crippen LogP contribution in [0.5, 0.6) is 5.75 Å². The molecule has 4 aliphatic rings. The van der Waals surface area contributed by atoms with E-state index in [0.29, 0.717) is 24.5 Å². The van der Waals surface area contributed by atoms with Gasteiger partial charge in [-0.25, -0.2) is 4.98 Å². The lowest BCUT2D eigenvalue weighted by Gasteiger charge is -2.43. The zero-order valence-electron chi connectivity index (χ0n) is 20.2. The maximum atomic E-state index is 12.8. The predicted octanol–water partition coefficient (Wildman–Crippen LogP) is 3.15. The normalized spacial score (nSPS) is 24.8. The topological polar surface area (TPSA) is 95.0 Å². The van der Waals surface area contributed by atoms with Crippen molar-refractivity contribution in [2.24, 2.45) is 5.92 Å². The number of likely N-dealkylation sites (tertiary alicyclic amines) is 1. The van der Waals surface area contributed by atoms with Gasteiger partial charge in [-0.2, -0.15) is 0 Å². The van der Waals surface area contributed by atoms with Crippen LogP contribution < -0.4 is 15.0 Å². The van der Waals surface area contributed by atoms with E-state index >= 15 is 0 Å². The average molecular weight is 511 g/mol. The number of hydrogen-bond acceptors (Lipinski definition) is 6. The summed E-state index contributed by atoms with van der Waals surface area (Å²) in [5.74, 6) is 1.95. The molecule has 2 fully saturated rings. The highest BCUT2D eigenvalue weighted by Gasteiger charge is 2.48. The third-order valence-electron chi connectivity index (χ3n) is 8.42. The van der Waals surface area contributed by atoms with E-state index in [1.165, 1.54) is 0 Å². The number of aliphatic hydroxyl groups excluding tert-OH is 1. The quantitative estimate of drug-likeness (QED) is 0.620. The zero-order valence-corrected chi connectivity index (χ0v) is 21.0. The number of anilines is 2. The van der Waals surface area contributed by atoms with E-state index in [2.05, 4.69) is 15.2 Å². The largest absolute Gasteiger partial charge is 0.491 e. The summed E-state index contributed by atoms with van der Waals surface area (Å²) in [4.78, 5) is 34.2. The summed E-state index contributed by atoms with van der Waals surface area (Å²) in [5, 5.41) is 13.0. The number of aromatic nitrogens is 1. The molecule has 3 aliphatic heterocycles. The summed E-state index contributed by atoms with van der Waals surface area (Å²) >= 11 is 6.23. The molecule has 1 aliphatic carbocycles. The van der Waals surface area contributed by atoms with Crippen molar-refractivity contribution in [3.05, 3.63) is 46.6 Å². The van der Waals surface area contributed by atoms with Crippen LogP contribution in [0.2, 0.25) is 5.02 Å². The van der Waals surface area contributed by atoms with Crippen LogP contribution in [0.4, 0.5) is 11.5 Å². The van der Waals surface area contributed by atoms with Gasteiger partial charge in [0.05, 0.1) is 11.6 Å². The number of nitrogens with one attached hydrogen (secondary N) is 1. The Morgan fingerprint density at radius 2 is 1.97 bits per heavy atom. The fourth-order valence-electron chi connectivity index (χ4n) is 6.21. The summed E-state index contributed by atoms with van der Waals surface area (Å²) < 4.78 is 6.04. The second kappa shape index (κ2) is 9.32. The second-order valence-corrected chi connectivity index (χ2v) is 10.9. The van der Waals surface area contributed by atoms with Gasteiger partial charge in [-0.05, 0) is 86.5 Å². The maximum absolute atomic E-state index is 12.8. The number of benzene rings is 1. The molecule has 4 heterocycles. The molecule has 8 nitrogen and oxygen atoms in total. The fourth-order valence-corrected chi connectivity index (χ4v) is 6.38. The van der Waals surface area contributed by atoms with Crippen LogP contribution in [0.25, 0.3) is 0 Å². The Bertz CT molecular complexity index is 1190. The molecule has 9 heteroatoms. The van der Waals surface area contributed by atoms with Crippen LogP contribution in [0.1, 0.15) is 43.2 Å². The number of rotatable bonds is 6. The molecule has 190 valence electrons. The zero-order chi connectivity index (χ0) is 24.9. The summed E-state index contributed by atoms with van der Waals surface area (Å²) in [5.41, 5.74) is 2.47. The Morgan fingerprint density at radius 1 is 1.17 bits per heavy atom. The number of ether oxygens (including phenoxy) is 1. The van der Waals surface area contributed by atoms with Gasteiger partial charge < -0.3 is 15.2 Å². The number of pyridine rings is 1. The first kappa shape index (κ1) is 23.7. The summed E-state index contributed by atoms with van der Waals surface area (Å²) in [6.45, 7) is 3.12. The van der Waals surface area contributed by atoms with Crippen molar-refractivity contribution in [3.8, 4) is 5.75 Å². The summed E-state index contributed by atoms with van der Waals surface area (Å²) in [6.07, 6.45) is 6.05. The Kier molecular flexibility index (Phi) is 6.14. The summed E-state index contributed by atoms with van der Waals surface area (Å²) in [7, 11) is 0. The number of halogens is 1. The number of aryl methyl sites for hydroxylation is 1. The van der Waals surface area contributed by atoms with E-state index in [9.17, 15) is 14.7 Å². The number of fused-ring (bicyclic) bond motifs is 3. The molecule has 0 bridgehead atoms. The minimum Gasteiger partial charge on any atom is -0.491 e. The predicted molar refractivity (Wildman–Crippen MR) is 137 cm³/mol. The van der Waals surface area contributed by atoms with Crippen LogP contribution in [0, 0.1) is 5.92 Å². The molecule has 0 radical (unpaired) electrons. The molecule has 1 saturated heterocycles. The first-order valence-corrected chi connectivity index (χ1v) is 13.2. The van der Waals surface area contributed by atoms with Gasteiger partial charge in [-0.1, -0.05) is 11.6 Å². The van der Waals surface area contributed by atoms with Gasteiger partial charge in [0.1, 0.15) is 18.2 Å². The Hall–Kier alpha value is -2.68. The van der Waals surface area contributed by atoms with Crippen LogP contribution in [0.15, 0.2) is 30.5 Å². The number of piperidine rings is 1. The van der Waals surface area contributed by atoms with E-state index in [4.69, 9.17) is 16.3 Å². The lowest BCUT2D eigenvalue weighted by atomic mass is 9.73. The summed E-state index contributed by atoms with van der Waals surface area (Å²) in [6, 6.07) is 7.79. The molecule has 1 aromatic heterocycles. The lowest BCUT2D eigenvalue weighted by Crippen LogP contribution is -2.51. The Labute approximate surface area is 215 Å². The van der Waals surface area contributed by atoms with Crippen LogP contribution >= 0.6 is 11.6 Å². The monoisotopic (exact) mass is 510 g/mol. The van der Waals surface area contributed by atoms with E-state index in [-0.39, 0.29) is 30.4 Å². The number of nitrogens with zero attached hydrogens (tertiary/aromatic N) is 3. The molecule has 1 aromatic carbocycles. The van der Waals surface area contributed by atoms with E-state index in [0.717, 1.165) is 73.7 Å². The standard InChI is InChI=1S/C27H31ClN4O4/c28-19-2-3-23-22(14-19)27(26(35)30-23)5-7-31(8-6-27)9-10-36-21-13-18-1-4-24(34)32(25(18)29-15-21)20-11-17(12-20)16-33/h2-3,13-15,17,20,33H,1,4-12,16H2,(H,30,35). The highest BCUT2D eigenvalue weighted by atomic mass is 35.5. The molecule has 0 atom stereocenters.